The molecule has 0 aliphatic carbocycles. The minimum atomic E-state index is -0.504. The van der Waals surface area contributed by atoms with Crippen LogP contribution in [0.4, 0.5) is 0 Å². The van der Waals surface area contributed by atoms with Crippen molar-refractivity contribution in [3.63, 3.8) is 0 Å². The Morgan fingerprint density at radius 1 is 1.17 bits per heavy atom. The molecule has 0 radical (unpaired) electrons. The van der Waals surface area contributed by atoms with E-state index in [0.717, 1.165) is 16.9 Å². The molecule has 0 bridgehead atoms. The standard InChI is InChI=1S/C21H22ClN3O3.ClH/c1-28-20(14-21(26)24-27)18(13-15-7-9-16(22)10-8-15)19-11-12-25(23-19)17-5-3-2-4-6-17;/h2-12,18,20,27H,13-14H2,1H3,(H,24,26);1H/t18-,20-;/m1./s1. The average molecular weight is 436 g/mol. The fraction of sp³-hybridized carbons (Fsp3) is 0.238. The van der Waals surface area contributed by atoms with Crippen LogP contribution in [0, 0.1) is 0 Å². The van der Waals surface area contributed by atoms with Gasteiger partial charge in [0.25, 0.3) is 0 Å². The molecule has 1 aromatic heterocycles. The SMILES string of the molecule is CO[C@H](CC(=O)NO)[C@H](Cc1ccc(Cl)cc1)c1ccn(-c2ccccc2)n1.Cl. The van der Waals surface area contributed by atoms with Gasteiger partial charge in [0.1, 0.15) is 0 Å². The second-order valence-electron chi connectivity index (χ2n) is 6.47. The molecule has 2 atom stereocenters. The predicted molar refractivity (Wildman–Crippen MR) is 114 cm³/mol. The van der Waals surface area contributed by atoms with E-state index in [1.165, 1.54) is 0 Å². The molecule has 29 heavy (non-hydrogen) atoms. The maximum Gasteiger partial charge on any atom is 0.245 e. The third-order valence-electron chi connectivity index (χ3n) is 4.64. The minimum absolute atomic E-state index is 0. The summed E-state index contributed by atoms with van der Waals surface area (Å²) in [6.07, 6.45) is 2.06. The van der Waals surface area contributed by atoms with Crippen molar-refractivity contribution in [2.24, 2.45) is 0 Å². The highest BCUT2D eigenvalue weighted by molar-refractivity contribution is 6.30. The largest absolute Gasteiger partial charge is 0.380 e. The van der Waals surface area contributed by atoms with Gasteiger partial charge >= 0.3 is 0 Å². The number of hydrogen-bond donors (Lipinski definition) is 2. The van der Waals surface area contributed by atoms with Crippen molar-refractivity contribution in [1.29, 1.82) is 0 Å². The monoisotopic (exact) mass is 435 g/mol. The first kappa shape index (κ1) is 22.9. The van der Waals surface area contributed by atoms with Gasteiger partial charge in [-0.05, 0) is 42.3 Å². The van der Waals surface area contributed by atoms with Crippen LogP contribution in [0.25, 0.3) is 5.69 Å². The van der Waals surface area contributed by atoms with Gasteiger partial charge in [0.2, 0.25) is 5.91 Å². The highest BCUT2D eigenvalue weighted by Crippen LogP contribution is 2.28. The second kappa shape index (κ2) is 11.0. The summed E-state index contributed by atoms with van der Waals surface area (Å²) < 4.78 is 7.40. The third kappa shape index (κ3) is 6.05. The van der Waals surface area contributed by atoms with Crippen molar-refractivity contribution in [2.75, 3.05) is 7.11 Å². The van der Waals surface area contributed by atoms with Crippen molar-refractivity contribution < 1.29 is 14.7 Å². The van der Waals surface area contributed by atoms with Gasteiger partial charge in [-0.1, -0.05) is 41.9 Å². The Morgan fingerprint density at radius 3 is 2.48 bits per heavy atom. The highest BCUT2D eigenvalue weighted by atomic mass is 35.5. The summed E-state index contributed by atoms with van der Waals surface area (Å²) in [4.78, 5) is 11.8. The molecule has 0 saturated carbocycles. The van der Waals surface area contributed by atoms with E-state index < -0.39 is 12.0 Å². The van der Waals surface area contributed by atoms with Crippen LogP contribution >= 0.6 is 24.0 Å². The van der Waals surface area contributed by atoms with Crippen molar-refractivity contribution in [3.05, 3.63) is 83.1 Å². The molecule has 154 valence electrons. The average Bonchev–Trinajstić information content (AvgIpc) is 3.22. The van der Waals surface area contributed by atoms with E-state index >= 15 is 0 Å². The molecule has 2 N–H and O–H groups in total. The number of methoxy groups -OCH3 is 1. The van der Waals surface area contributed by atoms with E-state index in [1.54, 1.807) is 17.3 Å². The minimum Gasteiger partial charge on any atom is -0.380 e. The molecule has 0 spiro atoms. The molecular weight excluding hydrogens is 413 g/mol. The first-order chi connectivity index (χ1) is 13.6. The summed E-state index contributed by atoms with van der Waals surface area (Å²) in [5.41, 5.74) is 4.48. The molecule has 0 fully saturated rings. The number of hydroxylamine groups is 1. The fourth-order valence-corrected chi connectivity index (χ4v) is 3.31. The smallest absolute Gasteiger partial charge is 0.245 e. The zero-order valence-corrected chi connectivity index (χ0v) is 17.4. The molecule has 1 amide bonds. The van der Waals surface area contributed by atoms with E-state index in [9.17, 15) is 4.79 Å². The summed E-state index contributed by atoms with van der Waals surface area (Å²) in [6.45, 7) is 0. The molecule has 0 saturated heterocycles. The lowest BCUT2D eigenvalue weighted by molar-refractivity contribution is -0.132. The molecule has 1 heterocycles. The Balaban J connectivity index is 0.00000300. The second-order valence-corrected chi connectivity index (χ2v) is 6.91. The molecule has 0 aliphatic heterocycles. The molecule has 0 unspecified atom stereocenters. The van der Waals surface area contributed by atoms with Gasteiger partial charge in [0.15, 0.2) is 0 Å². The first-order valence-electron chi connectivity index (χ1n) is 8.92. The molecule has 8 heteroatoms. The van der Waals surface area contributed by atoms with Gasteiger partial charge < -0.3 is 4.74 Å². The maximum atomic E-state index is 11.8. The quantitative estimate of drug-likeness (QED) is 0.410. The third-order valence-corrected chi connectivity index (χ3v) is 4.89. The first-order valence-corrected chi connectivity index (χ1v) is 9.29. The van der Waals surface area contributed by atoms with Crippen LogP contribution in [0.3, 0.4) is 0 Å². The Kier molecular flexibility index (Phi) is 8.67. The number of para-hydroxylation sites is 1. The number of nitrogens with zero attached hydrogens (tertiary/aromatic N) is 2. The number of ether oxygens (including phenoxy) is 1. The highest BCUT2D eigenvalue weighted by Gasteiger charge is 2.28. The number of amides is 1. The molecule has 0 aliphatic rings. The van der Waals surface area contributed by atoms with Crippen LogP contribution < -0.4 is 5.48 Å². The van der Waals surface area contributed by atoms with Crippen molar-refractivity contribution in [3.8, 4) is 5.69 Å². The zero-order valence-electron chi connectivity index (χ0n) is 15.9. The lowest BCUT2D eigenvalue weighted by atomic mass is 9.89. The van der Waals surface area contributed by atoms with Gasteiger partial charge in [0.05, 0.1) is 23.9 Å². The number of aromatic nitrogens is 2. The topological polar surface area (TPSA) is 76.4 Å². The van der Waals surface area contributed by atoms with Gasteiger partial charge in [-0.2, -0.15) is 5.10 Å². The summed E-state index contributed by atoms with van der Waals surface area (Å²) in [6, 6.07) is 19.3. The number of hydrogen-bond acceptors (Lipinski definition) is 4. The van der Waals surface area contributed by atoms with Crippen molar-refractivity contribution in [1.82, 2.24) is 15.3 Å². The van der Waals surface area contributed by atoms with Gasteiger partial charge in [0, 0.05) is 24.2 Å². The lowest BCUT2D eigenvalue weighted by Gasteiger charge is -2.24. The Labute approximate surface area is 180 Å². The number of rotatable bonds is 8. The lowest BCUT2D eigenvalue weighted by Crippen LogP contribution is -2.31. The van der Waals surface area contributed by atoms with E-state index in [4.69, 9.17) is 26.6 Å². The maximum absolute atomic E-state index is 11.8. The molecule has 3 rings (SSSR count). The van der Waals surface area contributed by atoms with E-state index in [2.05, 4.69) is 0 Å². The zero-order chi connectivity index (χ0) is 19.9. The van der Waals surface area contributed by atoms with Crippen LogP contribution in [0.5, 0.6) is 0 Å². The number of nitrogens with one attached hydrogen (secondary N) is 1. The number of benzene rings is 2. The molecule has 3 aromatic rings. The Hall–Kier alpha value is -2.38. The van der Waals surface area contributed by atoms with Crippen molar-refractivity contribution in [2.45, 2.75) is 24.9 Å². The summed E-state index contributed by atoms with van der Waals surface area (Å²) in [5, 5.41) is 14.3. The Morgan fingerprint density at radius 2 is 1.86 bits per heavy atom. The molecule has 6 nitrogen and oxygen atoms in total. The summed E-state index contributed by atoms with van der Waals surface area (Å²) in [5.74, 6) is -0.691. The van der Waals surface area contributed by atoms with E-state index in [1.807, 2.05) is 66.9 Å². The van der Waals surface area contributed by atoms with E-state index in [-0.39, 0.29) is 24.7 Å². The molecular formula is C21H23Cl2N3O3. The summed E-state index contributed by atoms with van der Waals surface area (Å²) >= 11 is 5.99. The predicted octanol–water partition coefficient (Wildman–Crippen LogP) is 4.18. The fourth-order valence-electron chi connectivity index (χ4n) is 3.18. The van der Waals surface area contributed by atoms with E-state index in [0.29, 0.717) is 11.4 Å². The number of carbonyl (C=O) groups is 1. The van der Waals surface area contributed by atoms with Crippen LogP contribution in [-0.2, 0) is 16.0 Å². The van der Waals surface area contributed by atoms with Crippen LogP contribution in [-0.4, -0.2) is 34.1 Å². The Bertz CT molecular complexity index is 901. The van der Waals surface area contributed by atoms with Crippen LogP contribution in [0.1, 0.15) is 23.6 Å². The number of carbonyl (C=O) groups excluding carboxylic acids is 1. The summed E-state index contributed by atoms with van der Waals surface area (Å²) in [7, 11) is 1.55. The van der Waals surface area contributed by atoms with Crippen LogP contribution in [0.2, 0.25) is 5.02 Å². The van der Waals surface area contributed by atoms with Crippen LogP contribution in [0.15, 0.2) is 66.9 Å². The number of halogens is 2. The van der Waals surface area contributed by atoms with Gasteiger partial charge in [-0.25, -0.2) is 10.2 Å². The van der Waals surface area contributed by atoms with Crippen molar-refractivity contribution >= 4 is 29.9 Å². The van der Waals surface area contributed by atoms with Gasteiger partial charge in [-0.3, -0.25) is 10.0 Å². The normalized spacial score (nSPS) is 12.7. The van der Waals surface area contributed by atoms with Gasteiger partial charge in [-0.15, -0.1) is 12.4 Å². The molecule has 2 aromatic carbocycles.